The molecule has 96 valence electrons. The Hall–Kier alpha value is -2.34. The zero-order chi connectivity index (χ0) is 13.7. The summed E-state index contributed by atoms with van der Waals surface area (Å²) in [5, 5.41) is 12.1. The third-order valence-electron chi connectivity index (χ3n) is 2.91. The Labute approximate surface area is 112 Å². The zero-order valence-electron chi connectivity index (χ0n) is 10.8. The standard InChI is InChI=1S/C16H15FN2/c1-12-3-2-4-13(9-12)7-8-19-16-6-5-15(17)10-14(16)11-18/h2-6,9-10,19H,7-8H2,1H3. The van der Waals surface area contributed by atoms with Gasteiger partial charge in [-0.3, -0.25) is 0 Å². The summed E-state index contributed by atoms with van der Waals surface area (Å²) in [5.74, 6) is -0.388. The Kier molecular flexibility index (Phi) is 4.15. The first-order chi connectivity index (χ1) is 9.19. The number of hydrogen-bond acceptors (Lipinski definition) is 2. The maximum atomic E-state index is 13.0. The van der Waals surface area contributed by atoms with E-state index in [4.69, 9.17) is 5.26 Å². The summed E-state index contributed by atoms with van der Waals surface area (Å²) in [5.41, 5.74) is 3.49. The molecule has 0 aliphatic carbocycles. The minimum absolute atomic E-state index is 0.337. The number of rotatable bonds is 4. The van der Waals surface area contributed by atoms with Crippen LogP contribution in [-0.4, -0.2) is 6.54 Å². The molecule has 0 saturated carbocycles. The van der Waals surface area contributed by atoms with Crippen molar-refractivity contribution in [3.8, 4) is 6.07 Å². The summed E-state index contributed by atoms with van der Waals surface area (Å²) in [6.45, 7) is 2.77. The lowest BCUT2D eigenvalue weighted by atomic mass is 10.1. The molecule has 0 heterocycles. The second-order valence-electron chi connectivity index (χ2n) is 4.47. The molecule has 0 aliphatic heterocycles. The predicted molar refractivity (Wildman–Crippen MR) is 74.5 cm³/mol. The van der Waals surface area contributed by atoms with Crippen LogP contribution in [0.2, 0.25) is 0 Å². The molecule has 0 bridgehead atoms. The number of anilines is 1. The smallest absolute Gasteiger partial charge is 0.124 e. The molecule has 0 aromatic heterocycles. The Morgan fingerprint density at radius 1 is 1.21 bits per heavy atom. The van der Waals surface area contributed by atoms with E-state index in [0.717, 1.165) is 6.42 Å². The van der Waals surface area contributed by atoms with E-state index in [1.165, 1.54) is 23.3 Å². The number of nitrogens with zero attached hydrogens (tertiary/aromatic N) is 1. The van der Waals surface area contributed by atoms with Crippen LogP contribution in [0.1, 0.15) is 16.7 Å². The topological polar surface area (TPSA) is 35.8 Å². The molecule has 0 unspecified atom stereocenters. The van der Waals surface area contributed by atoms with Gasteiger partial charge in [0, 0.05) is 6.54 Å². The maximum absolute atomic E-state index is 13.0. The molecule has 3 heteroatoms. The van der Waals surface area contributed by atoms with Gasteiger partial charge in [0.25, 0.3) is 0 Å². The van der Waals surface area contributed by atoms with Crippen molar-refractivity contribution >= 4 is 5.69 Å². The predicted octanol–water partition coefficient (Wildman–Crippen LogP) is 3.66. The van der Waals surface area contributed by atoms with E-state index < -0.39 is 0 Å². The first-order valence-electron chi connectivity index (χ1n) is 6.18. The monoisotopic (exact) mass is 254 g/mol. The number of nitriles is 1. The second-order valence-corrected chi connectivity index (χ2v) is 4.47. The Morgan fingerprint density at radius 2 is 2.05 bits per heavy atom. The number of hydrogen-bond donors (Lipinski definition) is 1. The first-order valence-corrected chi connectivity index (χ1v) is 6.18. The molecule has 0 aliphatic rings. The summed E-state index contributed by atoms with van der Waals surface area (Å²) in [6, 6.07) is 14.5. The van der Waals surface area contributed by atoms with Crippen molar-refractivity contribution in [3.63, 3.8) is 0 Å². The van der Waals surface area contributed by atoms with Crippen molar-refractivity contribution in [2.45, 2.75) is 13.3 Å². The molecule has 0 amide bonds. The molecule has 0 spiro atoms. The van der Waals surface area contributed by atoms with Crippen molar-refractivity contribution in [1.82, 2.24) is 0 Å². The van der Waals surface area contributed by atoms with Crippen LogP contribution in [0.5, 0.6) is 0 Å². The Bertz CT molecular complexity index is 614. The van der Waals surface area contributed by atoms with E-state index in [-0.39, 0.29) is 5.82 Å². The van der Waals surface area contributed by atoms with Gasteiger partial charge in [-0.2, -0.15) is 5.26 Å². The average Bonchev–Trinajstić information content (AvgIpc) is 2.40. The molecule has 0 atom stereocenters. The van der Waals surface area contributed by atoms with E-state index in [9.17, 15) is 4.39 Å². The minimum atomic E-state index is -0.388. The van der Waals surface area contributed by atoms with Gasteiger partial charge in [-0.05, 0) is 37.1 Å². The van der Waals surface area contributed by atoms with E-state index >= 15 is 0 Å². The lowest BCUT2D eigenvalue weighted by molar-refractivity contribution is 0.627. The summed E-state index contributed by atoms with van der Waals surface area (Å²) in [4.78, 5) is 0. The molecular formula is C16H15FN2. The molecular weight excluding hydrogens is 239 g/mol. The SMILES string of the molecule is Cc1cccc(CCNc2ccc(F)cc2C#N)c1. The van der Waals surface area contributed by atoms with Crippen molar-refractivity contribution in [3.05, 3.63) is 65.0 Å². The van der Waals surface area contributed by atoms with Gasteiger partial charge >= 0.3 is 0 Å². The Balaban J connectivity index is 1.98. The third-order valence-corrected chi connectivity index (χ3v) is 2.91. The highest BCUT2D eigenvalue weighted by atomic mass is 19.1. The van der Waals surface area contributed by atoms with Crippen molar-refractivity contribution in [1.29, 1.82) is 5.26 Å². The highest BCUT2D eigenvalue weighted by Crippen LogP contribution is 2.16. The normalized spacial score (nSPS) is 9.95. The molecule has 2 aromatic rings. The van der Waals surface area contributed by atoms with Crippen LogP contribution in [-0.2, 0) is 6.42 Å². The number of halogens is 1. The van der Waals surface area contributed by atoms with Gasteiger partial charge in [0.05, 0.1) is 11.3 Å². The molecule has 0 saturated heterocycles. The molecule has 2 nitrogen and oxygen atoms in total. The van der Waals surface area contributed by atoms with Gasteiger partial charge < -0.3 is 5.32 Å². The molecule has 0 radical (unpaired) electrons. The van der Waals surface area contributed by atoms with Crippen LogP contribution in [0.4, 0.5) is 10.1 Å². The van der Waals surface area contributed by atoms with Gasteiger partial charge in [-0.25, -0.2) is 4.39 Å². The van der Waals surface area contributed by atoms with Crippen LogP contribution in [0.25, 0.3) is 0 Å². The van der Waals surface area contributed by atoms with Gasteiger partial charge in [-0.15, -0.1) is 0 Å². The van der Waals surface area contributed by atoms with Gasteiger partial charge in [0.15, 0.2) is 0 Å². The molecule has 0 fully saturated rings. The van der Waals surface area contributed by atoms with Crippen LogP contribution in [0.15, 0.2) is 42.5 Å². The lowest BCUT2D eigenvalue weighted by Crippen LogP contribution is -2.06. The summed E-state index contributed by atoms with van der Waals surface area (Å²) in [6.07, 6.45) is 0.865. The first kappa shape index (κ1) is 13.1. The number of aryl methyl sites for hydroxylation is 1. The molecule has 2 rings (SSSR count). The van der Waals surface area contributed by atoms with Crippen molar-refractivity contribution in [2.24, 2.45) is 0 Å². The van der Waals surface area contributed by atoms with Gasteiger partial charge in [0.1, 0.15) is 11.9 Å². The van der Waals surface area contributed by atoms with Crippen LogP contribution >= 0.6 is 0 Å². The third kappa shape index (κ3) is 3.56. The van der Waals surface area contributed by atoms with Crippen LogP contribution in [0, 0.1) is 24.1 Å². The summed E-state index contributed by atoms with van der Waals surface area (Å²) >= 11 is 0. The van der Waals surface area contributed by atoms with Crippen molar-refractivity contribution in [2.75, 3.05) is 11.9 Å². The van der Waals surface area contributed by atoms with E-state index in [1.807, 2.05) is 12.1 Å². The van der Waals surface area contributed by atoms with E-state index in [2.05, 4.69) is 30.4 Å². The van der Waals surface area contributed by atoms with Crippen molar-refractivity contribution < 1.29 is 4.39 Å². The quantitative estimate of drug-likeness (QED) is 0.903. The highest BCUT2D eigenvalue weighted by molar-refractivity contribution is 5.57. The largest absolute Gasteiger partial charge is 0.384 e. The highest BCUT2D eigenvalue weighted by Gasteiger charge is 2.03. The van der Waals surface area contributed by atoms with E-state index in [0.29, 0.717) is 17.8 Å². The summed E-state index contributed by atoms with van der Waals surface area (Å²) in [7, 11) is 0. The van der Waals surface area contributed by atoms with Crippen LogP contribution < -0.4 is 5.32 Å². The number of benzene rings is 2. The fourth-order valence-corrected chi connectivity index (χ4v) is 1.97. The molecule has 1 N–H and O–H groups in total. The van der Waals surface area contributed by atoms with E-state index in [1.54, 1.807) is 6.07 Å². The Morgan fingerprint density at radius 3 is 2.79 bits per heavy atom. The fraction of sp³-hybridized carbons (Fsp3) is 0.188. The van der Waals surface area contributed by atoms with Gasteiger partial charge in [-0.1, -0.05) is 29.8 Å². The van der Waals surface area contributed by atoms with Gasteiger partial charge in [0.2, 0.25) is 0 Å². The van der Waals surface area contributed by atoms with Crippen LogP contribution in [0.3, 0.4) is 0 Å². The second kappa shape index (κ2) is 6.01. The average molecular weight is 254 g/mol. The summed E-state index contributed by atoms with van der Waals surface area (Å²) < 4.78 is 13.0. The molecule has 19 heavy (non-hydrogen) atoms. The lowest BCUT2D eigenvalue weighted by Gasteiger charge is -2.08. The maximum Gasteiger partial charge on any atom is 0.124 e. The molecule has 2 aromatic carbocycles. The number of nitrogens with one attached hydrogen (secondary N) is 1. The zero-order valence-corrected chi connectivity index (χ0v) is 10.8. The minimum Gasteiger partial charge on any atom is -0.384 e. The fourth-order valence-electron chi connectivity index (χ4n) is 1.97.